The van der Waals surface area contributed by atoms with Crippen molar-refractivity contribution in [3.8, 4) is 11.4 Å². The van der Waals surface area contributed by atoms with Crippen molar-refractivity contribution in [3.05, 3.63) is 30.1 Å². The summed E-state index contributed by atoms with van der Waals surface area (Å²) in [5, 5.41) is 9.93. The summed E-state index contributed by atoms with van der Waals surface area (Å²) >= 11 is 0. The molecule has 3 rings (SSSR count). The number of carbonyl (C=O) groups excluding carboxylic acids is 1. The number of nitrogens with zero attached hydrogens (tertiary/aromatic N) is 2. The fraction of sp³-hybridized carbons (Fsp3) is 0.471. The van der Waals surface area contributed by atoms with Crippen molar-refractivity contribution in [2.75, 3.05) is 5.32 Å². The highest BCUT2D eigenvalue weighted by molar-refractivity contribution is 5.91. The first-order valence-corrected chi connectivity index (χ1v) is 8.16. The van der Waals surface area contributed by atoms with E-state index in [9.17, 15) is 4.79 Å². The van der Waals surface area contributed by atoms with E-state index in [1.165, 1.54) is 12.8 Å². The summed E-state index contributed by atoms with van der Waals surface area (Å²) in [6, 6.07) is 7.73. The monoisotopic (exact) mass is 313 g/mol. The zero-order chi connectivity index (χ0) is 16.2. The van der Waals surface area contributed by atoms with E-state index in [1.54, 1.807) is 0 Å². The minimum atomic E-state index is 0.0238. The lowest BCUT2D eigenvalue weighted by molar-refractivity contribution is -0.117. The van der Waals surface area contributed by atoms with Gasteiger partial charge in [0.25, 0.3) is 0 Å². The van der Waals surface area contributed by atoms with Crippen molar-refractivity contribution in [1.29, 1.82) is 0 Å². The summed E-state index contributed by atoms with van der Waals surface area (Å²) in [7, 11) is 0. The van der Waals surface area contributed by atoms with E-state index >= 15 is 0 Å². The van der Waals surface area contributed by atoms with Gasteiger partial charge in [-0.1, -0.05) is 25.0 Å². The average Bonchev–Trinajstić information content (AvgIpc) is 2.96. The van der Waals surface area contributed by atoms with Crippen molar-refractivity contribution < 1.29 is 4.79 Å². The number of aromatic nitrogens is 3. The van der Waals surface area contributed by atoms with E-state index in [4.69, 9.17) is 5.73 Å². The molecule has 4 N–H and O–H groups in total. The Morgan fingerprint density at radius 2 is 2.22 bits per heavy atom. The Hall–Kier alpha value is -2.21. The molecule has 2 unspecified atom stereocenters. The van der Waals surface area contributed by atoms with Gasteiger partial charge in [-0.25, -0.2) is 4.98 Å². The molecule has 1 fully saturated rings. The topological polar surface area (TPSA) is 96.7 Å². The van der Waals surface area contributed by atoms with E-state index in [1.807, 2.05) is 31.2 Å². The maximum absolute atomic E-state index is 12.3. The maximum atomic E-state index is 12.3. The van der Waals surface area contributed by atoms with Gasteiger partial charge in [-0.3, -0.25) is 9.89 Å². The summed E-state index contributed by atoms with van der Waals surface area (Å²) in [5.41, 5.74) is 7.76. The van der Waals surface area contributed by atoms with Gasteiger partial charge in [0.05, 0.1) is 0 Å². The second kappa shape index (κ2) is 6.91. The van der Waals surface area contributed by atoms with Gasteiger partial charge in [-0.05, 0) is 37.8 Å². The van der Waals surface area contributed by atoms with Gasteiger partial charge in [-0.2, -0.15) is 5.10 Å². The van der Waals surface area contributed by atoms with Crippen molar-refractivity contribution in [2.45, 2.75) is 45.1 Å². The number of hydrogen-bond acceptors (Lipinski definition) is 4. The molecule has 0 aliphatic heterocycles. The molecular formula is C17H23N5O. The lowest BCUT2D eigenvalue weighted by Crippen LogP contribution is -2.35. The molecule has 0 bridgehead atoms. The third-order valence-electron chi connectivity index (χ3n) is 4.42. The number of aryl methyl sites for hydroxylation is 1. The van der Waals surface area contributed by atoms with Gasteiger partial charge >= 0.3 is 0 Å². The Bertz CT molecular complexity index is 681. The zero-order valence-electron chi connectivity index (χ0n) is 13.4. The van der Waals surface area contributed by atoms with E-state index in [2.05, 4.69) is 20.5 Å². The SMILES string of the molecule is Cc1nc(-c2cccc(NC(=O)CC3CCCCC3N)c2)n[nH]1. The smallest absolute Gasteiger partial charge is 0.224 e. The van der Waals surface area contributed by atoms with Crippen molar-refractivity contribution in [1.82, 2.24) is 15.2 Å². The molecule has 1 aliphatic rings. The second-order valence-corrected chi connectivity index (χ2v) is 6.29. The number of hydrogen-bond donors (Lipinski definition) is 3. The molecule has 23 heavy (non-hydrogen) atoms. The van der Waals surface area contributed by atoms with Crippen LogP contribution in [-0.2, 0) is 4.79 Å². The van der Waals surface area contributed by atoms with Crippen LogP contribution < -0.4 is 11.1 Å². The van der Waals surface area contributed by atoms with E-state index in [0.29, 0.717) is 18.2 Å². The van der Waals surface area contributed by atoms with Crippen LogP contribution in [0.15, 0.2) is 24.3 Å². The third kappa shape index (κ3) is 3.96. The number of nitrogens with two attached hydrogens (primary N) is 1. The lowest BCUT2D eigenvalue weighted by atomic mass is 9.83. The molecular weight excluding hydrogens is 290 g/mol. The standard InChI is InChI=1S/C17H23N5O/c1-11-19-17(22-21-11)13-6-4-7-14(9-13)20-16(23)10-12-5-2-3-8-15(12)18/h4,6-7,9,12,15H,2-3,5,8,10,18H2,1H3,(H,20,23)(H,19,21,22). The first kappa shape index (κ1) is 15.7. The molecule has 1 aromatic carbocycles. The van der Waals surface area contributed by atoms with Crippen LogP contribution in [0.5, 0.6) is 0 Å². The lowest BCUT2D eigenvalue weighted by Gasteiger charge is -2.27. The highest BCUT2D eigenvalue weighted by Crippen LogP contribution is 2.26. The number of H-pyrrole nitrogens is 1. The number of amides is 1. The summed E-state index contributed by atoms with van der Waals surface area (Å²) in [6.07, 6.45) is 4.91. The Labute approximate surface area is 135 Å². The number of rotatable bonds is 4. The molecule has 1 saturated carbocycles. The molecule has 2 atom stereocenters. The highest BCUT2D eigenvalue weighted by atomic mass is 16.1. The molecule has 1 aliphatic carbocycles. The van der Waals surface area contributed by atoms with Crippen LogP contribution in [0.3, 0.4) is 0 Å². The van der Waals surface area contributed by atoms with E-state index in [0.717, 1.165) is 29.9 Å². The molecule has 0 saturated heterocycles. The van der Waals surface area contributed by atoms with Crippen molar-refractivity contribution in [3.63, 3.8) is 0 Å². The first-order chi connectivity index (χ1) is 11.1. The summed E-state index contributed by atoms with van der Waals surface area (Å²) in [5.74, 6) is 1.71. The highest BCUT2D eigenvalue weighted by Gasteiger charge is 2.24. The first-order valence-electron chi connectivity index (χ1n) is 8.16. The van der Waals surface area contributed by atoms with Crippen LogP contribution in [0, 0.1) is 12.8 Å². The zero-order valence-corrected chi connectivity index (χ0v) is 13.4. The molecule has 6 nitrogen and oxygen atoms in total. The number of benzene rings is 1. The molecule has 1 aromatic heterocycles. The molecule has 6 heteroatoms. The minimum absolute atomic E-state index is 0.0238. The quantitative estimate of drug-likeness (QED) is 0.808. The van der Waals surface area contributed by atoms with Crippen LogP contribution >= 0.6 is 0 Å². The maximum Gasteiger partial charge on any atom is 0.224 e. The Morgan fingerprint density at radius 1 is 1.39 bits per heavy atom. The minimum Gasteiger partial charge on any atom is -0.327 e. The van der Waals surface area contributed by atoms with Gasteiger partial charge in [0.15, 0.2) is 5.82 Å². The second-order valence-electron chi connectivity index (χ2n) is 6.29. The fourth-order valence-electron chi connectivity index (χ4n) is 3.15. The number of nitrogens with one attached hydrogen (secondary N) is 2. The molecule has 2 aromatic rings. The molecule has 122 valence electrons. The van der Waals surface area contributed by atoms with Gasteiger partial charge in [0, 0.05) is 23.7 Å². The average molecular weight is 313 g/mol. The van der Waals surface area contributed by atoms with Crippen molar-refractivity contribution >= 4 is 11.6 Å². The Kier molecular flexibility index (Phi) is 4.71. The van der Waals surface area contributed by atoms with Gasteiger partial charge in [0.1, 0.15) is 5.82 Å². The van der Waals surface area contributed by atoms with E-state index < -0.39 is 0 Å². The van der Waals surface area contributed by atoms with Crippen LogP contribution in [0.2, 0.25) is 0 Å². The predicted octanol–water partition coefficient (Wildman–Crippen LogP) is 2.63. The van der Waals surface area contributed by atoms with Gasteiger partial charge in [-0.15, -0.1) is 0 Å². The molecule has 1 amide bonds. The summed E-state index contributed by atoms with van der Waals surface area (Å²) in [6.45, 7) is 1.86. The third-order valence-corrected chi connectivity index (χ3v) is 4.42. The van der Waals surface area contributed by atoms with Crippen molar-refractivity contribution in [2.24, 2.45) is 11.7 Å². The van der Waals surface area contributed by atoms with Crippen LogP contribution in [0.1, 0.15) is 37.9 Å². The number of carbonyl (C=O) groups is 1. The molecule has 0 radical (unpaired) electrons. The van der Waals surface area contributed by atoms with Crippen LogP contribution in [0.25, 0.3) is 11.4 Å². The number of aromatic amines is 1. The largest absolute Gasteiger partial charge is 0.327 e. The Balaban J connectivity index is 1.64. The fourth-order valence-corrected chi connectivity index (χ4v) is 3.15. The Morgan fingerprint density at radius 3 is 2.96 bits per heavy atom. The van der Waals surface area contributed by atoms with Crippen LogP contribution in [-0.4, -0.2) is 27.1 Å². The number of anilines is 1. The summed E-state index contributed by atoms with van der Waals surface area (Å²) in [4.78, 5) is 16.6. The van der Waals surface area contributed by atoms with Gasteiger partial charge < -0.3 is 11.1 Å². The predicted molar refractivity (Wildman–Crippen MR) is 89.7 cm³/mol. The summed E-state index contributed by atoms with van der Waals surface area (Å²) < 4.78 is 0. The molecule has 0 spiro atoms. The molecule has 1 heterocycles. The van der Waals surface area contributed by atoms with Crippen LogP contribution in [0.4, 0.5) is 5.69 Å². The van der Waals surface area contributed by atoms with E-state index in [-0.39, 0.29) is 11.9 Å². The normalized spacial score (nSPS) is 21.1. The van der Waals surface area contributed by atoms with Gasteiger partial charge in [0.2, 0.25) is 5.91 Å².